The molecule has 0 radical (unpaired) electrons. The van der Waals surface area contributed by atoms with Crippen LogP contribution in [0.5, 0.6) is 0 Å². The zero-order chi connectivity index (χ0) is 13.7. The van der Waals surface area contributed by atoms with Gasteiger partial charge in [-0.25, -0.2) is 0 Å². The van der Waals surface area contributed by atoms with E-state index in [-0.39, 0.29) is 5.91 Å². The van der Waals surface area contributed by atoms with Gasteiger partial charge in [0.2, 0.25) is 0 Å². The van der Waals surface area contributed by atoms with Crippen molar-refractivity contribution in [1.29, 1.82) is 0 Å². The molecule has 0 aliphatic carbocycles. The van der Waals surface area contributed by atoms with Crippen molar-refractivity contribution in [2.75, 3.05) is 11.6 Å². The van der Waals surface area contributed by atoms with E-state index in [1.165, 1.54) is 12.8 Å². The van der Waals surface area contributed by atoms with Gasteiger partial charge in [-0.15, -0.1) is 11.8 Å². The van der Waals surface area contributed by atoms with Crippen LogP contribution < -0.4 is 0 Å². The van der Waals surface area contributed by atoms with Gasteiger partial charge in [0.05, 0.1) is 5.88 Å². The van der Waals surface area contributed by atoms with Crippen LogP contribution >= 0.6 is 35.7 Å². The molecule has 0 N–H and O–H groups in total. The minimum Gasteiger partial charge on any atom is -0.325 e. The highest BCUT2D eigenvalue weighted by molar-refractivity contribution is 8.47. The molecule has 2 rings (SSSR count). The normalized spacial score (nSPS) is 13.7. The minimum atomic E-state index is 0.129. The molecule has 0 saturated carbocycles. The molecule has 2 nitrogen and oxygen atoms in total. The van der Waals surface area contributed by atoms with E-state index in [0.717, 1.165) is 20.4 Å². The van der Waals surface area contributed by atoms with Crippen LogP contribution in [0.3, 0.4) is 0 Å². The molecule has 1 aromatic rings. The number of unbranched alkanes of at least 4 members (excludes halogenated alkanes) is 1. The SMILES string of the molecule is CCCCSC(=S)SCN1Cc2ccccc2C1=O. The fourth-order valence-electron chi connectivity index (χ4n) is 1.89. The van der Waals surface area contributed by atoms with Crippen molar-refractivity contribution in [2.45, 2.75) is 26.3 Å². The van der Waals surface area contributed by atoms with E-state index >= 15 is 0 Å². The smallest absolute Gasteiger partial charge is 0.255 e. The molecular formula is C14H17NOS3. The fraction of sp³-hybridized carbons (Fsp3) is 0.429. The van der Waals surface area contributed by atoms with Gasteiger partial charge in [-0.05, 0) is 23.8 Å². The molecule has 0 fully saturated rings. The predicted octanol–water partition coefficient (Wildman–Crippen LogP) is 4.15. The molecule has 0 unspecified atom stereocenters. The van der Waals surface area contributed by atoms with Gasteiger partial charge in [-0.3, -0.25) is 4.79 Å². The van der Waals surface area contributed by atoms with Crippen molar-refractivity contribution < 1.29 is 4.79 Å². The summed E-state index contributed by atoms with van der Waals surface area (Å²) >= 11 is 8.64. The Kier molecular flexibility index (Phi) is 5.73. The summed E-state index contributed by atoms with van der Waals surface area (Å²) < 4.78 is 0.942. The fourth-order valence-corrected chi connectivity index (χ4v) is 4.11. The first-order valence-corrected chi connectivity index (χ1v) is 8.77. The summed E-state index contributed by atoms with van der Waals surface area (Å²) in [6.45, 7) is 2.89. The summed E-state index contributed by atoms with van der Waals surface area (Å²) in [4.78, 5) is 14.0. The van der Waals surface area contributed by atoms with Crippen molar-refractivity contribution in [2.24, 2.45) is 0 Å². The average Bonchev–Trinajstić information content (AvgIpc) is 2.74. The summed E-state index contributed by atoms with van der Waals surface area (Å²) in [6, 6.07) is 7.81. The number of fused-ring (bicyclic) bond motifs is 1. The Labute approximate surface area is 128 Å². The largest absolute Gasteiger partial charge is 0.325 e. The first-order valence-electron chi connectivity index (χ1n) is 6.39. The highest BCUT2D eigenvalue weighted by Crippen LogP contribution is 2.26. The lowest BCUT2D eigenvalue weighted by Crippen LogP contribution is -2.23. The highest BCUT2D eigenvalue weighted by atomic mass is 32.2. The molecule has 0 aromatic heterocycles. The van der Waals surface area contributed by atoms with E-state index in [2.05, 4.69) is 6.92 Å². The molecule has 0 bridgehead atoms. The maximum atomic E-state index is 12.1. The van der Waals surface area contributed by atoms with E-state index in [0.29, 0.717) is 12.4 Å². The lowest BCUT2D eigenvalue weighted by Gasteiger charge is -2.14. The Bertz CT molecular complexity index is 476. The number of hydrogen-bond donors (Lipinski definition) is 0. The summed E-state index contributed by atoms with van der Waals surface area (Å²) in [7, 11) is 0. The van der Waals surface area contributed by atoms with Crippen LogP contribution in [0.4, 0.5) is 0 Å². The maximum Gasteiger partial charge on any atom is 0.255 e. The topological polar surface area (TPSA) is 20.3 Å². The monoisotopic (exact) mass is 311 g/mol. The second-order valence-electron chi connectivity index (χ2n) is 4.39. The number of thioether (sulfide) groups is 2. The Balaban J connectivity index is 1.80. The number of hydrogen-bond acceptors (Lipinski definition) is 4. The second kappa shape index (κ2) is 7.31. The van der Waals surface area contributed by atoms with E-state index in [4.69, 9.17) is 12.2 Å². The number of carbonyl (C=O) groups is 1. The highest BCUT2D eigenvalue weighted by Gasteiger charge is 2.26. The third-order valence-corrected chi connectivity index (χ3v) is 5.77. The molecular weight excluding hydrogens is 294 g/mol. The van der Waals surface area contributed by atoms with Crippen molar-refractivity contribution in [3.8, 4) is 0 Å². The van der Waals surface area contributed by atoms with Crippen molar-refractivity contribution in [3.05, 3.63) is 35.4 Å². The molecule has 1 amide bonds. The Hall–Kier alpha value is -0.520. The van der Waals surface area contributed by atoms with Crippen molar-refractivity contribution >= 4 is 45.2 Å². The van der Waals surface area contributed by atoms with Crippen LogP contribution in [-0.2, 0) is 6.54 Å². The van der Waals surface area contributed by atoms with Gasteiger partial charge in [0.15, 0.2) is 0 Å². The number of amides is 1. The third kappa shape index (κ3) is 3.97. The molecule has 1 aliphatic rings. The van der Waals surface area contributed by atoms with E-state index in [9.17, 15) is 4.79 Å². The van der Waals surface area contributed by atoms with E-state index < -0.39 is 0 Å². The molecule has 1 aliphatic heterocycles. The Morgan fingerprint density at radius 3 is 2.89 bits per heavy atom. The van der Waals surface area contributed by atoms with E-state index in [1.54, 1.807) is 23.5 Å². The summed E-state index contributed by atoms with van der Waals surface area (Å²) in [6.07, 6.45) is 2.39. The lowest BCUT2D eigenvalue weighted by atomic mass is 10.1. The predicted molar refractivity (Wildman–Crippen MR) is 88.7 cm³/mol. The first kappa shape index (κ1) is 14.9. The van der Waals surface area contributed by atoms with Gasteiger partial charge >= 0.3 is 0 Å². The number of carbonyl (C=O) groups excluding carboxylic acids is 1. The molecule has 0 saturated heterocycles. The van der Waals surface area contributed by atoms with Crippen LogP contribution in [0.1, 0.15) is 35.7 Å². The zero-order valence-electron chi connectivity index (χ0n) is 10.9. The Morgan fingerprint density at radius 2 is 2.16 bits per heavy atom. The molecule has 19 heavy (non-hydrogen) atoms. The van der Waals surface area contributed by atoms with Crippen molar-refractivity contribution in [1.82, 2.24) is 4.90 Å². The third-order valence-electron chi connectivity index (χ3n) is 2.95. The molecule has 1 heterocycles. The van der Waals surface area contributed by atoms with Gasteiger partial charge in [-0.2, -0.15) is 0 Å². The standard InChI is InChI=1S/C14H17NOS3/c1-2-3-8-18-14(17)19-10-15-9-11-6-4-5-7-12(11)13(15)16/h4-7H,2-3,8-10H2,1H3. The minimum absolute atomic E-state index is 0.129. The number of benzene rings is 1. The number of rotatable bonds is 5. The second-order valence-corrected chi connectivity index (χ2v) is 7.63. The summed E-state index contributed by atoms with van der Waals surface area (Å²) in [5, 5.41) is 0. The molecule has 102 valence electrons. The van der Waals surface area contributed by atoms with Crippen LogP contribution in [0.2, 0.25) is 0 Å². The van der Waals surface area contributed by atoms with Crippen LogP contribution in [0.25, 0.3) is 0 Å². The summed E-state index contributed by atoms with van der Waals surface area (Å²) in [5.41, 5.74) is 1.96. The average molecular weight is 311 g/mol. The van der Waals surface area contributed by atoms with Gasteiger partial charge in [-0.1, -0.05) is 55.5 Å². The maximum absolute atomic E-state index is 12.1. The molecule has 0 spiro atoms. The van der Waals surface area contributed by atoms with Gasteiger partial charge in [0.1, 0.15) is 3.53 Å². The van der Waals surface area contributed by atoms with Gasteiger partial charge < -0.3 is 4.90 Å². The van der Waals surface area contributed by atoms with Crippen LogP contribution in [0.15, 0.2) is 24.3 Å². The first-order chi connectivity index (χ1) is 9.22. The Morgan fingerprint density at radius 1 is 1.37 bits per heavy atom. The van der Waals surface area contributed by atoms with Gasteiger partial charge in [0, 0.05) is 12.1 Å². The number of thiocarbonyl (C=S) groups is 1. The van der Waals surface area contributed by atoms with Gasteiger partial charge in [0.25, 0.3) is 5.91 Å². The molecule has 5 heteroatoms. The van der Waals surface area contributed by atoms with Crippen LogP contribution in [0, 0.1) is 0 Å². The quantitative estimate of drug-likeness (QED) is 0.601. The van der Waals surface area contributed by atoms with Crippen molar-refractivity contribution in [3.63, 3.8) is 0 Å². The lowest BCUT2D eigenvalue weighted by molar-refractivity contribution is 0.0808. The number of nitrogens with zero attached hydrogens (tertiary/aromatic N) is 1. The van der Waals surface area contributed by atoms with Crippen LogP contribution in [-0.4, -0.2) is 26.0 Å². The van der Waals surface area contributed by atoms with E-state index in [1.807, 2.05) is 29.2 Å². The molecule has 0 atom stereocenters. The summed E-state index contributed by atoms with van der Waals surface area (Å²) in [5.74, 6) is 1.87. The zero-order valence-corrected chi connectivity index (χ0v) is 13.4. The molecule has 1 aromatic carbocycles.